The smallest absolute Gasteiger partial charge is 0.203 e. The van der Waals surface area contributed by atoms with Crippen molar-refractivity contribution >= 4 is 34.3 Å². The fourth-order valence-corrected chi connectivity index (χ4v) is 3.05. The van der Waals surface area contributed by atoms with Crippen molar-refractivity contribution in [2.75, 3.05) is 12.0 Å². The molecule has 2 aromatic carbocycles. The average molecular weight is 374 g/mol. The van der Waals surface area contributed by atoms with E-state index in [9.17, 15) is 5.11 Å². The molecule has 3 rings (SSSR count). The van der Waals surface area contributed by atoms with Crippen molar-refractivity contribution in [2.24, 2.45) is 5.10 Å². The lowest BCUT2D eigenvalue weighted by Crippen LogP contribution is -1.95. The standard InChI is InChI=1S/C18H16ClN3O2S/c1-2-24-16-9-12(8-14(19)17(16)23)10-20-22-18-21-15(11-25-18)13-6-4-3-5-7-13/h3-11,23H,2H2,1H3,(H,21,22)/b20-10-. The van der Waals surface area contributed by atoms with Gasteiger partial charge in [0.05, 0.1) is 23.5 Å². The van der Waals surface area contributed by atoms with Gasteiger partial charge in [-0.15, -0.1) is 11.3 Å². The largest absolute Gasteiger partial charge is 0.503 e. The van der Waals surface area contributed by atoms with E-state index in [1.54, 1.807) is 18.3 Å². The minimum absolute atomic E-state index is 0.0685. The first kappa shape index (κ1) is 17.3. The van der Waals surface area contributed by atoms with Crippen molar-refractivity contribution < 1.29 is 9.84 Å². The lowest BCUT2D eigenvalue weighted by atomic mass is 10.2. The second-order valence-electron chi connectivity index (χ2n) is 5.06. The third kappa shape index (κ3) is 4.29. The van der Waals surface area contributed by atoms with Gasteiger partial charge < -0.3 is 9.84 Å². The minimum Gasteiger partial charge on any atom is -0.503 e. The van der Waals surface area contributed by atoms with Gasteiger partial charge in [0.2, 0.25) is 5.13 Å². The third-order valence-corrected chi connectivity index (χ3v) is 4.33. The molecule has 0 bridgehead atoms. The van der Waals surface area contributed by atoms with E-state index in [-0.39, 0.29) is 10.8 Å². The molecule has 0 amide bonds. The number of anilines is 1. The summed E-state index contributed by atoms with van der Waals surface area (Å²) < 4.78 is 5.35. The van der Waals surface area contributed by atoms with Gasteiger partial charge in [0.1, 0.15) is 0 Å². The van der Waals surface area contributed by atoms with E-state index < -0.39 is 0 Å². The number of phenols is 1. The number of nitrogens with one attached hydrogen (secondary N) is 1. The number of ether oxygens (including phenoxy) is 1. The molecule has 0 aliphatic heterocycles. The number of hydrogen-bond acceptors (Lipinski definition) is 6. The van der Waals surface area contributed by atoms with Crippen LogP contribution in [0.25, 0.3) is 11.3 Å². The molecule has 3 aromatic rings. The number of hydrogen-bond donors (Lipinski definition) is 2. The lowest BCUT2D eigenvalue weighted by Gasteiger charge is -2.08. The SMILES string of the molecule is CCOc1cc(/C=N\Nc2nc(-c3ccccc3)cs2)cc(Cl)c1O. The predicted octanol–water partition coefficient (Wildman–Crippen LogP) is 5.01. The van der Waals surface area contributed by atoms with E-state index in [1.165, 1.54) is 11.3 Å². The number of hydrazone groups is 1. The quantitative estimate of drug-likeness (QED) is 0.470. The fraction of sp³-hybridized carbons (Fsp3) is 0.111. The molecule has 0 saturated heterocycles. The molecular formula is C18H16ClN3O2S. The van der Waals surface area contributed by atoms with E-state index in [2.05, 4.69) is 15.5 Å². The van der Waals surface area contributed by atoms with Gasteiger partial charge in [0.15, 0.2) is 11.5 Å². The maximum Gasteiger partial charge on any atom is 0.203 e. The predicted molar refractivity (Wildman–Crippen MR) is 103 cm³/mol. The van der Waals surface area contributed by atoms with Gasteiger partial charge in [-0.2, -0.15) is 5.10 Å². The summed E-state index contributed by atoms with van der Waals surface area (Å²) in [5, 5.41) is 16.9. The van der Waals surface area contributed by atoms with Gasteiger partial charge >= 0.3 is 0 Å². The Hall–Kier alpha value is -2.57. The first-order valence-corrected chi connectivity index (χ1v) is 8.88. The molecule has 0 unspecified atom stereocenters. The summed E-state index contributed by atoms with van der Waals surface area (Å²) in [6.07, 6.45) is 1.59. The molecule has 1 heterocycles. The van der Waals surface area contributed by atoms with E-state index >= 15 is 0 Å². The Morgan fingerprint density at radius 2 is 2.12 bits per heavy atom. The van der Waals surface area contributed by atoms with E-state index in [4.69, 9.17) is 16.3 Å². The number of benzene rings is 2. The number of rotatable bonds is 6. The average Bonchev–Trinajstić information content (AvgIpc) is 3.09. The molecule has 128 valence electrons. The van der Waals surface area contributed by atoms with Crippen molar-refractivity contribution in [1.82, 2.24) is 4.98 Å². The second-order valence-corrected chi connectivity index (χ2v) is 6.32. The Morgan fingerprint density at radius 3 is 2.88 bits per heavy atom. The van der Waals surface area contributed by atoms with Gasteiger partial charge in [0.25, 0.3) is 0 Å². The van der Waals surface area contributed by atoms with Crippen molar-refractivity contribution in [3.63, 3.8) is 0 Å². The highest BCUT2D eigenvalue weighted by Gasteiger charge is 2.08. The molecule has 25 heavy (non-hydrogen) atoms. The Bertz CT molecular complexity index is 881. The fourth-order valence-electron chi connectivity index (χ4n) is 2.16. The van der Waals surface area contributed by atoms with Crippen LogP contribution in [0.4, 0.5) is 5.13 Å². The van der Waals surface area contributed by atoms with Crippen LogP contribution in [0.3, 0.4) is 0 Å². The summed E-state index contributed by atoms with van der Waals surface area (Å²) in [5.74, 6) is 0.262. The summed E-state index contributed by atoms with van der Waals surface area (Å²) >= 11 is 7.47. The minimum atomic E-state index is -0.0685. The van der Waals surface area contributed by atoms with Crippen molar-refractivity contribution in [3.05, 3.63) is 58.4 Å². The Kier molecular flexibility index (Phi) is 5.53. The zero-order chi connectivity index (χ0) is 17.6. The molecule has 7 heteroatoms. The maximum atomic E-state index is 9.84. The molecule has 0 fully saturated rings. The van der Waals surface area contributed by atoms with E-state index in [0.29, 0.717) is 23.1 Å². The number of thiazole rings is 1. The molecule has 0 saturated carbocycles. The molecule has 0 aliphatic rings. The van der Waals surface area contributed by atoms with Crippen LogP contribution >= 0.6 is 22.9 Å². The Balaban J connectivity index is 1.71. The summed E-state index contributed by atoms with van der Waals surface area (Å²) in [7, 11) is 0. The molecule has 2 N–H and O–H groups in total. The highest BCUT2D eigenvalue weighted by atomic mass is 35.5. The molecule has 0 atom stereocenters. The highest BCUT2D eigenvalue weighted by Crippen LogP contribution is 2.34. The van der Waals surface area contributed by atoms with Gasteiger partial charge in [-0.25, -0.2) is 4.98 Å². The summed E-state index contributed by atoms with van der Waals surface area (Å²) in [6, 6.07) is 13.2. The lowest BCUT2D eigenvalue weighted by molar-refractivity contribution is 0.318. The van der Waals surface area contributed by atoms with Crippen LogP contribution in [-0.4, -0.2) is 22.9 Å². The van der Waals surface area contributed by atoms with Crippen LogP contribution in [-0.2, 0) is 0 Å². The summed E-state index contributed by atoms with van der Waals surface area (Å²) in [5.41, 5.74) is 5.56. The third-order valence-electron chi connectivity index (χ3n) is 3.30. The topological polar surface area (TPSA) is 66.7 Å². The molecule has 0 radical (unpaired) electrons. The molecule has 5 nitrogen and oxygen atoms in total. The maximum absolute atomic E-state index is 9.84. The monoisotopic (exact) mass is 373 g/mol. The van der Waals surface area contributed by atoms with Crippen LogP contribution in [0.2, 0.25) is 5.02 Å². The van der Waals surface area contributed by atoms with Gasteiger partial charge in [0, 0.05) is 10.9 Å². The second kappa shape index (κ2) is 8.00. The van der Waals surface area contributed by atoms with Crippen molar-refractivity contribution in [1.29, 1.82) is 0 Å². The Morgan fingerprint density at radius 1 is 1.32 bits per heavy atom. The van der Waals surface area contributed by atoms with E-state index in [1.807, 2.05) is 42.6 Å². The van der Waals surface area contributed by atoms with Crippen molar-refractivity contribution in [3.8, 4) is 22.8 Å². The molecule has 1 aromatic heterocycles. The van der Waals surface area contributed by atoms with Crippen LogP contribution < -0.4 is 10.2 Å². The van der Waals surface area contributed by atoms with Gasteiger partial charge in [-0.1, -0.05) is 41.9 Å². The zero-order valence-corrected chi connectivity index (χ0v) is 15.0. The number of aromatic nitrogens is 1. The molecule has 0 aliphatic carbocycles. The molecular weight excluding hydrogens is 358 g/mol. The number of aromatic hydroxyl groups is 1. The van der Waals surface area contributed by atoms with Crippen LogP contribution in [0, 0.1) is 0 Å². The number of phenolic OH excluding ortho intramolecular Hbond substituents is 1. The van der Waals surface area contributed by atoms with Crippen LogP contribution in [0.5, 0.6) is 11.5 Å². The zero-order valence-electron chi connectivity index (χ0n) is 13.4. The molecule has 0 spiro atoms. The summed E-state index contributed by atoms with van der Waals surface area (Å²) in [4.78, 5) is 4.49. The van der Waals surface area contributed by atoms with E-state index in [0.717, 1.165) is 11.3 Å². The van der Waals surface area contributed by atoms with Crippen molar-refractivity contribution in [2.45, 2.75) is 6.92 Å². The van der Waals surface area contributed by atoms with Crippen LogP contribution in [0.1, 0.15) is 12.5 Å². The Labute approximate surface area is 154 Å². The summed E-state index contributed by atoms with van der Waals surface area (Å²) in [6.45, 7) is 2.27. The highest BCUT2D eigenvalue weighted by molar-refractivity contribution is 7.14. The van der Waals surface area contributed by atoms with Crippen LogP contribution in [0.15, 0.2) is 52.9 Å². The first-order valence-electron chi connectivity index (χ1n) is 7.62. The number of nitrogens with zero attached hydrogens (tertiary/aromatic N) is 2. The van der Waals surface area contributed by atoms with Gasteiger partial charge in [-0.05, 0) is 24.6 Å². The van der Waals surface area contributed by atoms with Gasteiger partial charge in [-0.3, -0.25) is 5.43 Å². The normalized spacial score (nSPS) is 11.0. The number of halogens is 1. The first-order chi connectivity index (χ1) is 12.2.